The monoisotopic (exact) mass is 357 g/mol. The summed E-state index contributed by atoms with van der Waals surface area (Å²) >= 11 is 4.67. The maximum absolute atomic E-state index is 12.2. The number of anilines is 2. The molecule has 1 unspecified atom stereocenters. The molecule has 108 valence electrons. The maximum atomic E-state index is 12.2. The number of nitrogens with two attached hydrogens (primary N) is 1. The standard InChI is InChI=1S/C13H16BrN3O2S/c1-7-10(14)4-16-13(15)12(7)17-5-9(3-11(17)19)6-20-8(2)18/h4,9H,3,5-6H2,1-2H3,(H2,15,16). The van der Waals surface area contributed by atoms with Crippen LogP contribution in [0.15, 0.2) is 10.7 Å². The molecule has 1 amide bonds. The van der Waals surface area contributed by atoms with Crippen LogP contribution in [-0.2, 0) is 9.59 Å². The van der Waals surface area contributed by atoms with Crippen molar-refractivity contribution in [2.24, 2.45) is 5.92 Å². The number of rotatable bonds is 3. The number of nitrogen functional groups attached to an aromatic ring is 1. The highest BCUT2D eigenvalue weighted by molar-refractivity contribution is 9.10. The average Bonchev–Trinajstić information content (AvgIpc) is 2.74. The second-order valence-electron chi connectivity index (χ2n) is 4.84. The van der Waals surface area contributed by atoms with E-state index in [0.717, 1.165) is 10.0 Å². The molecular weight excluding hydrogens is 342 g/mol. The first-order valence-electron chi connectivity index (χ1n) is 6.24. The molecule has 0 aromatic carbocycles. The summed E-state index contributed by atoms with van der Waals surface area (Å²) in [6, 6.07) is 0. The predicted molar refractivity (Wildman–Crippen MR) is 84.7 cm³/mol. The molecule has 1 fully saturated rings. The van der Waals surface area contributed by atoms with Gasteiger partial charge in [0.2, 0.25) is 5.91 Å². The fourth-order valence-corrected chi connectivity index (χ4v) is 3.26. The van der Waals surface area contributed by atoms with Crippen molar-refractivity contribution >= 4 is 50.2 Å². The van der Waals surface area contributed by atoms with Gasteiger partial charge >= 0.3 is 0 Å². The molecule has 1 aliphatic rings. The molecule has 0 aliphatic carbocycles. The molecule has 0 saturated carbocycles. The number of nitrogens with zero attached hydrogens (tertiary/aromatic N) is 2. The van der Waals surface area contributed by atoms with Crippen molar-refractivity contribution in [3.8, 4) is 0 Å². The van der Waals surface area contributed by atoms with E-state index in [1.165, 1.54) is 11.8 Å². The fourth-order valence-electron chi connectivity index (χ4n) is 2.27. The van der Waals surface area contributed by atoms with Gasteiger partial charge in [0.05, 0.1) is 5.69 Å². The largest absolute Gasteiger partial charge is 0.382 e. The number of thioether (sulfide) groups is 1. The number of pyridine rings is 1. The highest BCUT2D eigenvalue weighted by Gasteiger charge is 2.33. The van der Waals surface area contributed by atoms with E-state index in [2.05, 4.69) is 20.9 Å². The Hall–Kier alpha value is -1.08. The third-order valence-corrected chi connectivity index (χ3v) is 5.11. The van der Waals surface area contributed by atoms with Crippen molar-refractivity contribution < 1.29 is 9.59 Å². The summed E-state index contributed by atoms with van der Waals surface area (Å²) in [4.78, 5) is 29.0. The van der Waals surface area contributed by atoms with Crippen molar-refractivity contribution in [2.75, 3.05) is 22.9 Å². The molecule has 20 heavy (non-hydrogen) atoms. The molecule has 0 spiro atoms. The normalized spacial score (nSPS) is 18.6. The number of halogens is 1. The van der Waals surface area contributed by atoms with E-state index < -0.39 is 0 Å². The van der Waals surface area contributed by atoms with Crippen molar-refractivity contribution in [3.05, 3.63) is 16.2 Å². The van der Waals surface area contributed by atoms with Gasteiger partial charge in [-0.1, -0.05) is 11.8 Å². The van der Waals surface area contributed by atoms with Gasteiger partial charge in [-0.3, -0.25) is 9.59 Å². The minimum absolute atomic E-state index is 0.0360. The van der Waals surface area contributed by atoms with Crippen molar-refractivity contribution in [1.82, 2.24) is 4.98 Å². The minimum Gasteiger partial charge on any atom is -0.382 e. The fraction of sp³-hybridized carbons (Fsp3) is 0.462. The molecule has 1 atom stereocenters. The van der Waals surface area contributed by atoms with Gasteiger partial charge in [0, 0.05) is 36.3 Å². The molecule has 2 heterocycles. The Balaban J connectivity index is 2.20. The summed E-state index contributed by atoms with van der Waals surface area (Å²) < 4.78 is 0.830. The molecule has 7 heteroatoms. The first kappa shape index (κ1) is 15.3. The highest BCUT2D eigenvalue weighted by atomic mass is 79.9. The summed E-state index contributed by atoms with van der Waals surface area (Å²) in [6.07, 6.45) is 2.09. The number of carbonyl (C=O) groups excluding carboxylic acids is 2. The number of carbonyl (C=O) groups is 2. The second-order valence-corrected chi connectivity index (χ2v) is 6.89. The molecule has 0 radical (unpaired) electrons. The van der Waals surface area contributed by atoms with Gasteiger partial charge in [-0.25, -0.2) is 4.98 Å². The van der Waals surface area contributed by atoms with E-state index in [9.17, 15) is 9.59 Å². The first-order chi connectivity index (χ1) is 9.40. The lowest BCUT2D eigenvalue weighted by molar-refractivity contribution is -0.117. The van der Waals surface area contributed by atoms with Gasteiger partial charge in [0.15, 0.2) is 5.12 Å². The van der Waals surface area contributed by atoms with E-state index in [0.29, 0.717) is 30.2 Å². The molecule has 0 bridgehead atoms. The third kappa shape index (κ3) is 3.15. The zero-order chi connectivity index (χ0) is 14.9. The number of hydrogen-bond donors (Lipinski definition) is 1. The maximum Gasteiger partial charge on any atom is 0.227 e. The number of hydrogen-bond acceptors (Lipinski definition) is 5. The van der Waals surface area contributed by atoms with E-state index in [1.54, 1.807) is 18.0 Å². The highest BCUT2D eigenvalue weighted by Crippen LogP contribution is 2.35. The Morgan fingerprint density at radius 2 is 2.35 bits per heavy atom. The minimum atomic E-state index is 0.0360. The van der Waals surface area contributed by atoms with Gasteiger partial charge in [-0.05, 0) is 34.3 Å². The number of aromatic nitrogens is 1. The van der Waals surface area contributed by atoms with Crippen LogP contribution < -0.4 is 10.6 Å². The van der Waals surface area contributed by atoms with Crippen LogP contribution >= 0.6 is 27.7 Å². The van der Waals surface area contributed by atoms with E-state index >= 15 is 0 Å². The smallest absolute Gasteiger partial charge is 0.227 e. The summed E-state index contributed by atoms with van der Waals surface area (Å²) in [5.41, 5.74) is 7.50. The molecule has 2 N–H and O–H groups in total. The zero-order valence-corrected chi connectivity index (χ0v) is 13.8. The first-order valence-corrected chi connectivity index (χ1v) is 8.02. The zero-order valence-electron chi connectivity index (χ0n) is 11.4. The topological polar surface area (TPSA) is 76.3 Å². The van der Waals surface area contributed by atoms with E-state index in [4.69, 9.17) is 5.73 Å². The molecule has 1 aromatic heterocycles. The van der Waals surface area contributed by atoms with Crippen LogP contribution in [0.25, 0.3) is 0 Å². The molecule has 2 rings (SSSR count). The summed E-state index contributed by atoms with van der Waals surface area (Å²) in [5.74, 6) is 1.24. The van der Waals surface area contributed by atoms with Crippen LogP contribution in [0.4, 0.5) is 11.5 Å². The molecular formula is C13H16BrN3O2S. The predicted octanol–water partition coefficient (Wildman–Crippen LogP) is 2.37. The van der Waals surface area contributed by atoms with Gasteiger partial charge < -0.3 is 10.6 Å². The van der Waals surface area contributed by atoms with Gasteiger partial charge in [0.25, 0.3) is 0 Å². The van der Waals surface area contributed by atoms with Crippen LogP contribution in [0.3, 0.4) is 0 Å². The number of amides is 1. The summed E-state index contributed by atoms with van der Waals surface area (Å²) in [6.45, 7) is 4.03. The SMILES string of the molecule is CC(=O)SCC1CC(=O)N(c2c(N)ncc(Br)c2C)C1. The van der Waals surface area contributed by atoms with Gasteiger partial charge in [-0.15, -0.1) is 0 Å². The van der Waals surface area contributed by atoms with E-state index in [1.807, 2.05) is 6.92 Å². The summed E-state index contributed by atoms with van der Waals surface area (Å²) in [5, 5.41) is 0.0794. The van der Waals surface area contributed by atoms with Crippen molar-refractivity contribution in [1.29, 1.82) is 0 Å². The second kappa shape index (κ2) is 6.13. The lowest BCUT2D eigenvalue weighted by Crippen LogP contribution is -2.27. The molecule has 5 nitrogen and oxygen atoms in total. The lowest BCUT2D eigenvalue weighted by Gasteiger charge is -2.21. The van der Waals surface area contributed by atoms with Crippen LogP contribution in [0.2, 0.25) is 0 Å². The van der Waals surface area contributed by atoms with Gasteiger partial charge in [0.1, 0.15) is 5.82 Å². The quantitative estimate of drug-likeness (QED) is 0.898. The average molecular weight is 358 g/mol. The van der Waals surface area contributed by atoms with E-state index in [-0.39, 0.29) is 16.9 Å². The Morgan fingerprint density at radius 3 is 3.00 bits per heavy atom. The Morgan fingerprint density at radius 1 is 1.65 bits per heavy atom. The Bertz CT molecular complexity index is 565. The third-order valence-electron chi connectivity index (χ3n) is 3.27. The Kier molecular flexibility index (Phi) is 4.70. The van der Waals surface area contributed by atoms with Crippen LogP contribution in [0, 0.1) is 12.8 Å². The van der Waals surface area contributed by atoms with Crippen molar-refractivity contribution in [2.45, 2.75) is 20.3 Å². The van der Waals surface area contributed by atoms with Crippen LogP contribution in [-0.4, -0.2) is 28.3 Å². The van der Waals surface area contributed by atoms with Crippen LogP contribution in [0.5, 0.6) is 0 Å². The summed E-state index contributed by atoms with van der Waals surface area (Å²) in [7, 11) is 0. The van der Waals surface area contributed by atoms with Crippen molar-refractivity contribution in [3.63, 3.8) is 0 Å². The molecule has 1 saturated heterocycles. The lowest BCUT2D eigenvalue weighted by atomic mass is 10.1. The Labute approximate surface area is 130 Å². The van der Waals surface area contributed by atoms with Gasteiger partial charge in [-0.2, -0.15) is 0 Å². The van der Waals surface area contributed by atoms with Crippen LogP contribution in [0.1, 0.15) is 18.9 Å². The molecule has 1 aliphatic heterocycles. The molecule has 1 aromatic rings.